The van der Waals surface area contributed by atoms with Gasteiger partial charge in [-0.1, -0.05) is 0 Å². The molecule has 106 valence electrons. The van der Waals surface area contributed by atoms with Gasteiger partial charge in [0.05, 0.1) is 12.6 Å². The molecule has 1 aliphatic rings. The van der Waals surface area contributed by atoms with E-state index in [-0.39, 0.29) is 12.6 Å². The van der Waals surface area contributed by atoms with E-state index in [0.29, 0.717) is 18.9 Å². The number of nitrogens with one attached hydrogen (secondary N) is 2. The van der Waals surface area contributed by atoms with Crippen LogP contribution in [0.1, 0.15) is 31.0 Å². The Morgan fingerprint density at radius 3 is 2.74 bits per heavy atom. The zero-order valence-corrected chi connectivity index (χ0v) is 11.5. The molecule has 0 spiro atoms. The fourth-order valence-corrected chi connectivity index (χ4v) is 1.96. The second kappa shape index (κ2) is 6.68. The number of methoxy groups -OCH3 is 1. The zero-order valence-electron chi connectivity index (χ0n) is 11.5. The molecule has 1 fully saturated rings. The lowest BCUT2D eigenvalue weighted by atomic mass is 10.2. The summed E-state index contributed by atoms with van der Waals surface area (Å²) in [5.41, 5.74) is 0. The summed E-state index contributed by atoms with van der Waals surface area (Å²) >= 11 is 0. The Labute approximate surface area is 113 Å². The van der Waals surface area contributed by atoms with Crippen LogP contribution >= 0.6 is 0 Å². The summed E-state index contributed by atoms with van der Waals surface area (Å²) in [4.78, 5) is 9.02. The lowest BCUT2D eigenvalue weighted by Crippen LogP contribution is -2.27. The van der Waals surface area contributed by atoms with Gasteiger partial charge in [-0.3, -0.25) is 0 Å². The van der Waals surface area contributed by atoms with Gasteiger partial charge >= 0.3 is 0 Å². The quantitative estimate of drug-likeness (QED) is 0.656. The van der Waals surface area contributed by atoms with Crippen LogP contribution in [0.25, 0.3) is 0 Å². The highest BCUT2D eigenvalue weighted by molar-refractivity contribution is 5.48. The Hall–Kier alpha value is -1.40. The van der Waals surface area contributed by atoms with Crippen LogP contribution in [0.5, 0.6) is 0 Å². The highest BCUT2D eigenvalue weighted by Crippen LogP contribution is 2.38. The number of aromatic nitrogens is 2. The smallest absolute Gasteiger partial charge is 0.136 e. The van der Waals surface area contributed by atoms with E-state index in [1.54, 1.807) is 7.11 Å². The van der Waals surface area contributed by atoms with Gasteiger partial charge in [0.1, 0.15) is 17.5 Å². The third kappa shape index (κ3) is 4.04. The van der Waals surface area contributed by atoms with Crippen LogP contribution in [0.3, 0.4) is 0 Å². The maximum atomic E-state index is 9.05. The van der Waals surface area contributed by atoms with Gasteiger partial charge < -0.3 is 20.5 Å². The topological polar surface area (TPSA) is 79.3 Å². The van der Waals surface area contributed by atoms with Crippen molar-refractivity contribution in [3.05, 3.63) is 11.9 Å². The van der Waals surface area contributed by atoms with Crippen LogP contribution in [-0.2, 0) is 4.74 Å². The van der Waals surface area contributed by atoms with Crippen molar-refractivity contribution in [1.29, 1.82) is 0 Å². The highest BCUT2D eigenvalue weighted by Gasteiger charge is 2.27. The maximum absolute atomic E-state index is 9.05. The van der Waals surface area contributed by atoms with Crippen molar-refractivity contribution < 1.29 is 9.84 Å². The van der Waals surface area contributed by atoms with Crippen molar-refractivity contribution in [2.24, 2.45) is 0 Å². The second-order valence-electron chi connectivity index (χ2n) is 4.83. The van der Waals surface area contributed by atoms with Gasteiger partial charge in [0.25, 0.3) is 0 Å². The molecule has 0 aromatic carbocycles. The Bertz CT molecular complexity index is 404. The predicted octanol–water partition coefficient (Wildman–Crippen LogP) is 1.20. The van der Waals surface area contributed by atoms with E-state index >= 15 is 0 Å². The molecule has 0 radical (unpaired) electrons. The Kier molecular flexibility index (Phi) is 4.93. The van der Waals surface area contributed by atoms with Crippen LogP contribution in [0, 0.1) is 0 Å². The molecule has 1 unspecified atom stereocenters. The molecule has 6 heteroatoms. The number of aliphatic hydroxyl groups excluding tert-OH is 1. The Morgan fingerprint density at radius 1 is 1.42 bits per heavy atom. The van der Waals surface area contributed by atoms with E-state index < -0.39 is 0 Å². The SMILES string of the molecule is CNc1cc(NC(CCO)COC)nc(C2CC2)n1. The molecule has 1 aliphatic carbocycles. The summed E-state index contributed by atoms with van der Waals surface area (Å²) < 4.78 is 5.14. The lowest BCUT2D eigenvalue weighted by Gasteiger charge is -2.18. The van der Waals surface area contributed by atoms with Gasteiger partial charge in [-0.15, -0.1) is 0 Å². The number of rotatable bonds is 8. The minimum atomic E-state index is 0.0571. The number of hydrogen-bond donors (Lipinski definition) is 3. The average molecular weight is 266 g/mol. The van der Waals surface area contributed by atoms with Crippen molar-refractivity contribution in [2.75, 3.05) is 38.0 Å². The normalized spacial score (nSPS) is 16.2. The summed E-state index contributed by atoms with van der Waals surface area (Å²) in [6.45, 7) is 0.665. The van der Waals surface area contributed by atoms with E-state index in [4.69, 9.17) is 9.84 Å². The molecule has 1 atom stereocenters. The highest BCUT2D eigenvalue weighted by atomic mass is 16.5. The minimum absolute atomic E-state index is 0.0571. The first-order valence-corrected chi connectivity index (χ1v) is 6.70. The average Bonchev–Trinajstić information content (AvgIpc) is 3.23. The van der Waals surface area contributed by atoms with Crippen molar-refractivity contribution in [1.82, 2.24) is 9.97 Å². The third-order valence-corrected chi connectivity index (χ3v) is 3.14. The fourth-order valence-electron chi connectivity index (χ4n) is 1.96. The van der Waals surface area contributed by atoms with Gasteiger partial charge in [-0.05, 0) is 19.3 Å². The van der Waals surface area contributed by atoms with Gasteiger partial charge in [0.2, 0.25) is 0 Å². The van der Waals surface area contributed by atoms with E-state index in [1.165, 1.54) is 12.8 Å². The van der Waals surface area contributed by atoms with Crippen LogP contribution in [0.4, 0.5) is 11.6 Å². The zero-order chi connectivity index (χ0) is 13.7. The summed E-state index contributed by atoms with van der Waals surface area (Å²) in [6, 6.07) is 1.94. The number of hydrogen-bond acceptors (Lipinski definition) is 6. The predicted molar refractivity (Wildman–Crippen MR) is 74.5 cm³/mol. The first kappa shape index (κ1) is 14.0. The van der Waals surface area contributed by atoms with Crippen molar-refractivity contribution >= 4 is 11.6 Å². The van der Waals surface area contributed by atoms with Crippen molar-refractivity contribution in [3.63, 3.8) is 0 Å². The molecule has 1 aromatic heterocycles. The summed E-state index contributed by atoms with van der Waals surface area (Å²) in [6.07, 6.45) is 2.97. The first-order valence-electron chi connectivity index (χ1n) is 6.70. The second-order valence-corrected chi connectivity index (χ2v) is 4.83. The van der Waals surface area contributed by atoms with Crippen molar-refractivity contribution in [3.8, 4) is 0 Å². The Morgan fingerprint density at radius 2 is 2.16 bits per heavy atom. The number of anilines is 2. The molecule has 3 N–H and O–H groups in total. The largest absolute Gasteiger partial charge is 0.396 e. The Balaban J connectivity index is 2.10. The van der Waals surface area contributed by atoms with Crippen LogP contribution in [0.2, 0.25) is 0 Å². The number of ether oxygens (including phenoxy) is 1. The number of nitrogens with zero attached hydrogens (tertiary/aromatic N) is 2. The molecule has 0 saturated heterocycles. The lowest BCUT2D eigenvalue weighted by molar-refractivity contribution is 0.170. The molecule has 6 nitrogen and oxygen atoms in total. The van der Waals surface area contributed by atoms with Crippen molar-refractivity contribution in [2.45, 2.75) is 31.2 Å². The van der Waals surface area contributed by atoms with E-state index in [9.17, 15) is 0 Å². The van der Waals surface area contributed by atoms with E-state index in [1.807, 2.05) is 13.1 Å². The fraction of sp³-hybridized carbons (Fsp3) is 0.692. The van der Waals surface area contributed by atoms with E-state index in [2.05, 4.69) is 20.6 Å². The summed E-state index contributed by atoms with van der Waals surface area (Å²) in [5.74, 6) is 3.01. The molecule has 0 bridgehead atoms. The molecule has 1 heterocycles. The molecule has 1 saturated carbocycles. The van der Waals surface area contributed by atoms with Gasteiger partial charge in [-0.2, -0.15) is 0 Å². The molecule has 19 heavy (non-hydrogen) atoms. The van der Waals surface area contributed by atoms with E-state index in [0.717, 1.165) is 17.5 Å². The molecular weight excluding hydrogens is 244 g/mol. The van der Waals surface area contributed by atoms with Gasteiger partial charge in [-0.25, -0.2) is 9.97 Å². The van der Waals surface area contributed by atoms with Gasteiger partial charge in [0.15, 0.2) is 0 Å². The van der Waals surface area contributed by atoms with Crippen LogP contribution in [-0.4, -0.2) is 48.5 Å². The summed E-state index contributed by atoms with van der Waals surface area (Å²) in [7, 11) is 3.50. The molecular formula is C13H22N4O2. The standard InChI is InChI=1S/C13H22N4O2/c1-14-11-7-12(15-10(5-6-18)8-19-2)17-13(16-11)9-3-4-9/h7,9-10,18H,3-6,8H2,1-2H3,(H2,14,15,16,17). The number of aliphatic hydroxyl groups is 1. The van der Waals surface area contributed by atoms with Gasteiger partial charge in [0, 0.05) is 32.7 Å². The monoisotopic (exact) mass is 266 g/mol. The first-order chi connectivity index (χ1) is 9.26. The maximum Gasteiger partial charge on any atom is 0.136 e. The third-order valence-electron chi connectivity index (χ3n) is 3.14. The molecule has 0 aliphatic heterocycles. The molecule has 0 amide bonds. The van der Waals surface area contributed by atoms with Crippen LogP contribution < -0.4 is 10.6 Å². The molecule has 1 aromatic rings. The van der Waals surface area contributed by atoms with Crippen LogP contribution in [0.15, 0.2) is 6.07 Å². The molecule has 2 rings (SSSR count). The summed E-state index contributed by atoms with van der Waals surface area (Å²) in [5, 5.41) is 15.4. The minimum Gasteiger partial charge on any atom is -0.396 e.